The van der Waals surface area contributed by atoms with Gasteiger partial charge in [-0.25, -0.2) is 44.3 Å². The van der Waals surface area contributed by atoms with E-state index in [1.54, 1.807) is 40.1 Å². The molecule has 32 heteroatoms. The highest BCUT2D eigenvalue weighted by atomic mass is 35.5. The number of hydrogen-bond acceptors (Lipinski definition) is 16. The van der Waals surface area contributed by atoms with Gasteiger partial charge in [0.25, 0.3) is 0 Å². The number of ether oxygens (including phenoxy) is 3. The Kier molecular flexibility index (Phi) is 39.9. The fourth-order valence-corrected chi connectivity index (χ4v) is 13.9. The number of carbonyl (C=O) groups is 3. The van der Waals surface area contributed by atoms with Crippen molar-refractivity contribution < 1.29 is 30.0 Å². The largest absolute Gasteiger partial charge is 0.444 e. The second-order valence-electron chi connectivity index (χ2n) is 29.5. The van der Waals surface area contributed by atoms with Gasteiger partial charge in [0.15, 0.2) is 10.3 Å². The molecule has 0 atom stereocenters. The number of aromatic nitrogens is 12. The Morgan fingerprint density at radius 1 is 0.453 bits per heavy atom. The van der Waals surface area contributed by atoms with E-state index in [2.05, 4.69) is 62.0 Å². The van der Waals surface area contributed by atoms with Crippen molar-refractivity contribution >= 4 is 100 Å². The maximum Gasteiger partial charge on any atom is 0.410 e. The number of imidazole rings is 6. The van der Waals surface area contributed by atoms with Gasteiger partial charge in [0, 0.05) is 150 Å². The minimum Gasteiger partial charge on any atom is -0.444 e. The summed E-state index contributed by atoms with van der Waals surface area (Å²) >= 11 is 35.8. The quantitative estimate of drug-likeness (QED) is 0.131. The van der Waals surface area contributed by atoms with Crippen LogP contribution in [0.5, 0.6) is 0 Å². The summed E-state index contributed by atoms with van der Waals surface area (Å²) in [6.07, 6.45) is 22.8. The van der Waals surface area contributed by atoms with Crippen LogP contribution in [0.15, 0.2) is 37.2 Å². The highest BCUT2D eigenvalue weighted by Crippen LogP contribution is 2.35. The summed E-state index contributed by atoms with van der Waals surface area (Å²) in [6.45, 7) is 31.4. The normalized spacial score (nSPS) is 17.2. The van der Waals surface area contributed by atoms with Crippen LogP contribution in [0.25, 0.3) is 0 Å². The number of rotatable bonds is 6. The fraction of sp³-hybridized carbons (Fsp3) is 0.703. The van der Waals surface area contributed by atoms with Crippen LogP contribution < -0.4 is 16.0 Å². The number of piperidine rings is 6. The van der Waals surface area contributed by atoms with E-state index in [1.807, 2.05) is 141 Å². The third-order valence-corrected chi connectivity index (χ3v) is 20.6. The SMILES string of the molecule is C.CC#N.Cl.Cn1c(C2CCN(C(=O)OC(C)(C)C)CC2)nc(Cl)c1Cl.Cn1c(C2CCNCC2)nc(Cl)c1Cl.Cn1c(Cl)cnc1C1CCN(C(=O)OC(C)(C)C)CC1.Cn1c(Cl)cnc1C1CCNCC1.Cn1ccnc1C1CCN(C(=O)OC(C)(C)C)CC1.Cn1ccnc1C1CCNCC1.[2H]CC. The molecule has 6 aromatic rings. The molecule has 6 saturated heterocycles. The topological polar surface area (TPSA) is 255 Å². The molecule has 6 aliphatic heterocycles. The Morgan fingerprint density at radius 3 is 0.906 bits per heavy atom. The van der Waals surface area contributed by atoms with Crippen molar-refractivity contribution in [3.05, 3.63) is 103 Å². The first-order chi connectivity index (χ1) is 49.5. The minimum atomic E-state index is -0.464. The zero-order valence-electron chi connectivity index (χ0n) is 65.9. The number of carbonyl (C=O) groups excluding carboxylic acids is 3. The molecule has 0 aliphatic carbocycles. The summed E-state index contributed by atoms with van der Waals surface area (Å²) in [4.78, 5) is 67.4. The number of nitriles is 1. The third kappa shape index (κ3) is 29.7. The van der Waals surface area contributed by atoms with Crippen LogP contribution >= 0.6 is 82.0 Å². The van der Waals surface area contributed by atoms with Crippen LogP contribution in [-0.4, -0.2) is 186 Å². The number of likely N-dealkylation sites (tertiary alicyclic amines) is 3. The van der Waals surface area contributed by atoms with Crippen molar-refractivity contribution in [2.45, 2.75) is 220 Å². The molecule has 3 N–H and O–H groups in total. The highest BCUT2D eigenvalue weighted by Gasteiger charge is 2.33. The van der Waals surface area contributed by atoms with Crippen LogP contribution in [0.2, 0.25) is 30.9 Å². The lowest BCUT2D eigenvalue weighted by atomic mass is 9.96. The Morgan fingerprint density at radius 2 is 0.689 bits per heavy atom. The van der Waals surface area contributed by atoms with Crippen LogP contribution in [0.4, 0.5) is 14.4 Å². The van der Waals surface area contributed by atoms with Gasteiger partial charge >= 0.3 is 18.3 Å². The average molecular weight is 1620 g/mol. The second-order valence-corrected chi connectivity index (χ2v) is 31.7. The molecule has 12 rings (SSSR count). The van der Waals surface area contributed by atoms with Crippen LogP contribution in [-0.2, 0) is 56.5 Å². The molecule has 6 aliphatic rings. The predicted molar refractivity (Wildman–Crippen MR) is 430 cm³/mol. The zero-order chi connectivity index (χ0) is 77.9. The van der Waals surface area contributed by atoms with Gasteiger partial charge in [-0.3, -0.25) is 0 Å². The lowest BCUT2D eigenvalue weighted by molar-refractivity contribution is 0.0192. The standard InChI is InChI=1S/C14H21Cl2N3O2.C14H22ClN3O2.C14H23N3O2.C9H13Cl2N3.C9H14ClN3.C9H15N3.C2H3N.C2H6.CH4.ClH/c1-14(2,3)21-13(20)19-7-5-9(6-8-19)12-17-10(15)11(16)18(12)4;1-14(2,3)20-13(19)18-7-5-10(6-8-18)12-16-9-11(15)17(12)4;1-14(2,3)19-13(18)17-8-5-11(6-9-17)12-15-7-10-16(12)4;1-14-8(11)7(10)13-9(14)6-2-4-12-5-3-6;1-13-8(10)6-12-9(13)7-2-4-11-5-3-7;1-12-7-6-11-9(12)8-2-4-10-5-3-8;1-2-3;1-2;;/h9H,5-8H2,1-4H3;9-10H,5-8H2,1-4H3;7,10-11H,5-6,8-9H2,1-4H3;6,12H,2-5H2,1H3;6-7,11H,2-5H2,1H3;6-8,10H,2-5H2,1H3;1H3;1-2H3;1H4;1H/i;;;;;;;1D;;. The maximum absolute atomic E-state index is 12.0. The van der Waals surface area contributed by atoms with Crippen molar-refractivity contribution in [1.29, 1.82) is 5.26 Å². The molecule has 106 heavy (non-hydrogen) atoms. The van der Waals surface area contributed by atoms with Gasteiger partial charge in [-0.1, -0.05) is 90.9 Å². The molecule has 0 bridgehead atoms. The smallest absolute Gasteiger partial charge is 0.410 e. The van der Waals surface area contributed by atoms with Gasteiger partial charge in [0.2, 0.25) is 0 Å². The van der Waals surface area contributed by atoms with E-state index in [0.29, 0.717) is 88.4 Å². The van der Waals surface area contributed by atoms with Crippen molar-refractivity contribution in [3.8, 4) is 6.07 Å². The zero-order valence-corrected chi connectivity index (χ0v) is 70.2. The molecule has 0 aromatic carbocycles. The number of hydrogen-bond donors (Lipinski definition) is 3. The van der Waals surface area contributed by atoms with Gasteiger partial charge < -0.3 is 72.3 Å². The van der Waals surface area contributed by atoms with E-state index in [1.165, 1.54) is 38.4 Å². The summed E-state index contributed by atoms with van der Waals surface area (Å²) in [6, 6.07) is 1.75. The van der Waals surface area contributed by atoms with E-state index in [0.717, 1.165) is 138 Å². The third-order valence-electron chi connectivity index (χ3n) is 18.3. The lowest BCUT2D eigenvalue weighted by Gasteiger charge is -2.33. The van der Waals surface area contributed by atoms with Gasteiger partial charge in [0.05, 0.1) is 18.5 Å². The first kappa shape index (κ1) is 92.9. The van der Waals surface area contributed by atoms with Crippen LogP contribution in [0.3, 0.4) is 0 Å². The maximum atomic E-state index is 12.0. The molecule has 3 amide bonds. The molecule has 6 fully saturated rings. The Labute approximate surface area is 669 Å². The number of amides is 3. The van der Waals surface area contributed by atoms with E-state index < -0.39 is 16.8 Å². The highest BCUT2D eigenvalue weighted by molar-refractivity contribution is 6.41. The molecule has 0 saturated carbocycles. The molecule has 25 nitrogen and oxygen atoms in total. The van der Waals surface area contributed by atoms with Gasteiger partial charge in [0.1, 0.15) is 72.4 Å². The fourth-order valence-electron chi connectivity index (χ4n) is 12.9. The minimum absolute atomic E-state index is 0. The van der Waals surface area contributed by atoms with Crippen LogP contribution in [0, 0.1) is 11.3 Å². The molecular weight excluding hydrogens is 1500 g/mol. The molecule has 598 valence electrons. The number of halogens is 7. The molecule has 12 heterocycles. The first-order valence-electron chi connectivity index (χ1n) is 36.9. The number of nitrogens with one attached hydrogen (secondary N) is 3. The first-order valence-corrected chi connectivity index (χ1v) is 38.5. The summed E-state index contributed by atoms with van der Waals surface area (Å²) < 4.78 is 34.2. The van der Waals surface area contributed by atoms with Gasteiger partial charge in [-0.2, -0.15) is 5.26 Å². The molecular formula is C74H122Cl7N19O6. The van der Waals surface area contributed by atoms with Crippen molar-refractivity contribution in [3.63, 3.8) is 0 Å². The van der Waals surface area contributed by atoms with E-state index in [-0.39, 0.29) is 44.0 Å². The number of aryl methyl sites for hydroxylation is 2. The van der Waals surface area contributed by atoms with Crippen LogP contribution in [0.1, 0.15) is 239 Å². The van der Waals surface area contributed by atoms with Crippen molar-refractivity contribution in [2.24, 2.45) is 42.3 Å². The monoisotopic (exact) mass is 1620 g/mol. The molecule has 0 radical (unpaired) electrons. The van der Waals surface area contributed by atoms with E-state index in [9.17, 15) is 14.4 Å². The van der Waals surface area contributed by atoms with E-state index >= 15 is 0 Å². The summed E-state index contributed by atoms with van der Waals surface area (Å²) in [5, 5.41) is 20.5. The Balaban J connectivity index is 0.000000330. The van der Waals surface area contributed by atoms with E-state index in [4.69, 9.17) is 90.4 Å². The Bertz CT molecular complexity index is 3620. The summed E-state index contributed by atoms with van der Waals surface area (Å²) in [7, 11) is 11.8. The second kappa shape index (κ2) is 45.6. The van der Waals surface area contributed by atoms with Gasteiger partial charge in [-0.05, 0) is 179 Å². The Hall–Kier alpha value is -5.53. The van der Waals surface area contributed by atoms with Crippen molar-refractivity contribution in [1.82, 2.24) is 88.0 Å². The summed E-state index contributed by atoms with van der Waals surface area (Å²) in [5.74, 6) is 9.20. The molecule has 0 unspecified atom stereocenters. The van der Waals surface area contributed by atoms with Crippen molar-refractivity contribution in [2.75, 3.05) is 78.5 Å². The lowest BCUT2D eigenvalue weighted by Crippen LogP contribution is -2.41. The van der Waals surface area contributed by atoms with Gasteiger partial charge in [-0.15, -0.1) is 12.4 Å². The molecule has 0 spiro atoms. The summed E-state index contributed by atoms with van der Waals surface area (Å²) in [5.41, 5.74) is -1.33. The molecule has 6 aromatic heterocycles. The predicted octanol–water partition coefficient (Wildman–Crippen LogP) is 16.8. The number of nitrogens with zero attached hydrogens (tertiary/aromatic N) is 16. The average Bonchev–Trinajstić information content (AvgIpc) is 1.71.